The number of anilines is 1. The first-order valence-corrected chi connectivity index (χ1v) is 3.68. The average molecular weight is 207 g/mol. The maximum absolute atomic E-state index is 10.6. The first-order valence-electron chi connectivity index (χ1n) is 3.68. The van der Waals surface area contributed by atoms with E-state index in [2.05, 4.69) is 0 Å². The topological polar surface area (TPSA) is 130 Å². The molecule has 7 nitrogen and oxygen atoms in total. The van der Waals surface area contributed by atoms with Crippen LogP contribution < -0.4 is 5.73 Å². The summed E-state index contributed by atoms with van der Waals surface area (Å²) in [6.07, 6.45) is 0. The highest BCUT2D eigenvalue weighted by atomic mass is 16.6. The molecule has 1 aromatic rings. The van der Waals surface area contributed by atoms with Crippen molar-refractivity contribution in [1.82, 2.24) is 0 Å². The van der Waals surface area contributed by atoms with Crippen LogP contribution in [0.4, 0.5) is 11.4 Å². The number of nitrogens with two attached hydrogens (primary N) is 1. The van der Waals surface area contributed by atoms with Crippen molar-refractivity contribution in [3.05, 3.63) is 33.4 Å². The van der Waals surface area contributed by atoms with Crippen LogP contribution in [0.2, 0.25) is 0 Å². The van der Waals surface area contributed by atoms with Gasteiger partial charge in [-0.15, -0.1) is 0 Å². The van der Waals surface area contributed by atoms with Crippen LogP contribution in [-0.4, -0.2) is 16.0 Å². The number of nitrogens with zero attached hydrogens (tertiary/aromatic N) is 2. The second-order valence-electron chi connectivity index (χ2n) is 2.63. The van der Waals surface area contributed by atoms with Crippen LogP contribution in [0.1, 0.15) is 15.9 Å². The highest BCUT2D eigenvalue weighted by Crippen LogP contribution is 2.24. The lowest BCUT2D eigenvalue weighted by molar-refractivity contribution is -0.385. The molecule has 0 fully saturated rings. The van der Waals surface area contributed by atoms with E-state index in [1.807, 2.05) is 0 Å². The van der Waals surface area contributed by atoms with Crippen molar-refractivity contribution < 1.29 is 14.8 Å². The Balaban J connectivity index is 3.52. The summed E-state index contributed by atoms with van der Waals surface area (Å²) in [4.78, 5) is 20.3. The molecular formula is C8H5N3O4. The summed E-state index contributed by atoms with van der Waals surface area (Å²) < 4.78 is 0. The zero-order valence-electron chi connectivity index (χ0n) is 7.30. The van der Waals surface area contributed by atoms with Crippen LogP contribution in [-0.2, 0) is 0 Å². The molecule has 1 aromatic carbocycles. The fourth-order valence-corrected chi connectivity index (χ4v) is 1.03. The smallest absolute Gasteiger partial charge is 0.338 e. The number of benzene rings is 1. The van der Waals surface area contributed by atoms with Gasteiger partial charge in [0.15, 0.2) is 0 Å². The van der Waals surface area contributed by atoms with E-state index in [1.165, 1.54) is 0 Å². The van der Waals surface area contributed by atoms with Gasteiger partial charge in [0.1, 0.15) is 11.6 Å². The van der Waals surface area contributed by atoms with Crippen molar-refractivity contribution in [3.8, 4) is 6.07 Å². The van der Waals surface area contributed by atoms with Gasteiger partial charge < -0.3 is 10.8 Å². The van der Waals surface area contributed by atoms with Crippen molar-refractivity contribution >= 4 is 17.3 Å². The van der Waals surface area contributed by atoms with Gasteiger partial charge in [-0.25, -0.2) is 4.79 Å². The highest BCUT2D eigenvalue weighted by molar-refractivity contribution is 5.95. The molecule has 76 valence electrons. The van der Waals surface area contributed by atoms with Gasteiger partial charge in [0, 0.05) is 11.8 Å². The third-order valence-electron chi connectivity index (χ3n) is 1.72. The minimum Gasteiger partial charge on any atom is -0.478 e. The molecule has 15 heavy (non-hydrogen) atoms. The van der Waals surface area contributed by atoms with E-state index in [0.717, 1.165) is 12.1 Å². The Hall–Kier alpha value is -2.62. The van der Waals surface area contributed by atoms with Gasteiger partial charge in [0.05, 0.1) is 10.5 Å². The quantitative estimate of drug-likeness (QED) is 0.418. The molecule has 0 atom stereocenters. The molecule has 0 bridgehead atoms. The van der Waals surface area contributed by atoms with E-state index >= 15 is 0 Å². The van der Waals surface area contributed by atoms with E-state index < -0.39 is 16.6 Å². The summed E-state index contributed by atoms with van der Waals surface area (Å²) in [7, 11) is 0. The lowest BCUT2D eigenvalue weighted by Crippen LogP contribution is -2.05. The normalized spacial score (nSPS) is 9.27. The molecule has 1 rings (SSSR count). The second kappa shape index (κ2) is 3.63. The van der Waals surface area contributed by atoms with Crippen LogP contribution in [0.15, 0.2) is 12.1 Å². The molecule has 0 aromatic heterocycles. The van der Waals surface area contributed by atoms with Gasteiger partial charge in [-0.1, -0.05) is 0 Å². The molecule has 3 N–H and O–H groups in total. The number of rotatable bonds is 2. The first-order chi connectivity index (χ1) is 6.97. The van der Waals surface area contributed by atoms with E-state index in [0.29, 0.717) is 0 Å². The summed E-state index contributed by atoms with van der Waals surface area (Å²) in [6, 6.07) is 3.32. The largest absolute Gasteiger partial charge is 0.478 e. The zero-order valence-corrected chi connectivity index (χ0v) is 7.30. The molecule has 0 heterocycles. The number of carboxylic acid groups (broad SMARTS) is 1. The second-order valence-corrected chi connectivity index (χ2v) is 2.63. The Morgan fingerprint density at radius 1 is 1.60 bits per heavy atom. The zero-order chi connectivity index (χ0) is 11.6. The average Bonchev–Trinajstić information content (AvgIpc) is 2.16. The minimum atomic E-state index is -1.37. The third kappa shape index (κ3) is 1.83. The van der Waals surface area contributed by atoms with E-state index in [4.69, 9.17) is 16.1 Å². The summed E-state index contributed by atoms with van der Waals surface area (Å²) in [6.45, 7) is 0. The summed E-state index contributed by atoms with van der Waals surface area (Å²) in [5.74, 6) is -1.37. The molecule has 0 saturated heterocycles. The van der Waals surface area contributed by atoms with Crippen molar-refractivity contribution in [3.63, 3.8) is 0 Å². The molecule has 0 unspecified atom stereocenters. The number of nitro groups is 1. The molecular weight excluding hydrogens is 202 g/mol. The van der Waals surface area contributed by atoms with Crippen LogP contribution in [0.3, 0.4) is 0 Å². The predicted octanol–water partition coefficient (Wildman–Crippen LogP) is 0.747. The number of nitriles is 1. The summed E-state index contributed by atoms with van der Waals surface area (Å²) in [5, 5.41) is 27.7. The van der Waals surface area contributed by atoms with E-state index in [1.54, 1.807) is 6.07 Å². The Morgan fingerprint density at radius 2 is 2.20 bits per heavy atom. The van der Waals surface area contributed by atoms with Gasteiger partial charge in [-0.05, 0) is 6.07 Å². The maximum Gasteiger partial charge on any atom is 0.338 e. The van der Waals surface area contributed by atoms with Crippen LogP contribution in [0.25, 0.3) is 0 Å². The minimum absolute atomic E-state index is 0.176. The summed E-state index contributed by atoms with van der Waals surface area (Å²) >= 11 is 0. The molecule has 0 amide bonds. The lowest BCUT2D eigenvalue weighted by atomic mass is 10.1. The molecule has 0 radical (unpaired) electrons. The maximum atomic E-state index is 10.6. The third-order valence-corrected chi connectivity index (χ3v) is 1.72. The van der Waals surface area contributed by atoms with Crippen molar-refractivity contribution in [2.75, 3.05) is 5.73 Å². The number of carboxylic acids is 1. The fourth-order valence-electron chi connectivity index (χ4n) is 1.03. The molecule has 0 aliphatic carbocycles. The van der Waals surface area contributed by atoms with Crippen molar-refractivity contribution in [2.24, 2.45) is 0 Å². The van der Waals surface area contributed by atoms with Gasteiger partial charge in [-0.2, -0.15) is 5.26 Å². The SMILES string of the molecule is N#Cc1cc(N)c(C(=O)O)cc1[N+](=O)[O-]. The summed E-state index contributed by atoms with van der Waals surface area (Å²) in [5.41, 5.74) is 3.92. The Bertz CT molecular complexity index is 489. The molecule has 7 heteroatoms. The number of nitro benzene ring substituents is 1. The Labute approximate surface area is 83.5 Å². The number of hydrogen-bond acceptors (Lipinski definition) is 5. The molecule has 0 spiro atoms. The number of hydrogen-bond donors (Lipinski definition) is 2. The molecule has 0 saturated carbocycles. The predicted molar refractivity (Wildman–Crippen MR) is 49.2 cm³/mol. The van der Waals surface area contributed by atoms with Gasteiger partial charge >= 0.3 is 5.97 Å². The fraction of sp³-hybridized carbons (Fsp3) is 0. The number of nitrogen functional groups attached to an aromatic ring is 1. The monoisotopic (exact) mass is 207 g/mol. The lowest BCUT2D eigenvalue weighted by Gasteiger charge is -2.01. The van der Waals surface area contributed by atoms with E-state index in [-0.39, 0.29) is 16.8 Å². The van der Waals surface area contributed by atoms with Gasteiger partial charge in [-0.3, -0.25) is 10.1 Å². The van der Waals surface area contributed by atoms with Crippen molar-refractivity contribution in [2.45, 2.75) is 0 Å². The van der Waals surface area contributed by atoms with Gasteiger partial charge in [0.2, 0.25) is 0 Å². The van der Waals surface area contributed by atoms with Crippen LogP contribution in [0.5, 0.6) is 0 Å². The Kier molecular flexibility index (Phi) is 2.53. The van der Waals surface area contributed by atoms with E-state index in [9.17, 15) is 14.9 Å². The molecule has 0 aliphatic rings. The van der Waals surface area contributed by atoms with Crippen molar-refractivity contribution in [1.29, 1.82) is 5.26 Å². The highest BCUT2D eigenvalue weighted by Gasteiger charge is 2.19. The number of aromatic carboxylic acids is 1. The van der Waals surface area contributed by atoms with Crippen LogP contribution in [0, 0.1) is 21.4 Å². The Morgan fingerprint density at radius 3 is 2.60 bits per heavy atom. The van der Waals surface area contributed by atoms with Gasteiger partial charge in [0.25, 0.3) is 5.69 Å². The first kappa shape index (κ1) is 10.5. The molecule has 0 aliphatic heterocycles. The standard InChI is InChI=1S/C8H5N3O4/c9-3-4-1-6(10)5(8(12)13)2-7(4)11(14)15/h1-2H,10H2,(H,12,13). The number of carbonyl (C=O) groups is 1. The van der Waals surface area contributed by atoms with Crippen LogP contribution >= 0.6 is 0 Å².